The van der Waals surface area contributed by atoms with Crippen LogP contribution >= 0.6 is 0 Å². The van der Waals surface area contributed by atoms with Crippen LogP contribution < -0.4 is 15.4 Å². The lowest BCUT2D eigenvalue weighted by molar-refractivity contribution is 0.0526. The molecule has 138 valence electrons. The van der Waals surface area contributed by atoms with Gasteiger partial charge in [0.1, 0.15) is 17.3 Å². The molecule has 0 bridgehead atoms. The summed E-state index contributed by atoms with van der Waals surface area (Å²) >= 11 is 0. The van der Waals surface area contributed by atoms with Gasteiger partial charge in [0, 0.05) is 25.7 Å². The molecule has 1 aliphatic heterocycles. The predicted molar refractivity (Wildman–Crippen MR) is 90.7 cm³/mol. The van der Waals surface area contributed by atoms with Gasteiger partial charge in [-0.2, -0.15) is 0 Å². The van der Waals surface area contributed by atoms with Crippen molar-refractivity contribution < 1.29 is 23.8 Å². The molecule has 2 N–H and O–H groups in total. The van der Waals surface area contributed by atoms with Crippen LogP contribution in [0, 0.1) is 0 Å². The monoisotopic (exact) mass is 351 g/mol. The van der Waals surface area contributed by atoms with Gasteiger partial charge in [0.25, 0.3) is 5.91 Å². The second-order valence-electron chi connectivity index (χ2n) is 6.64. The van der Waals surface area contributed by atoms with E-state index in [9.17, 15) is 9.59 Å². The number of nitrogens with zero attached hydrogens (tertiary/aromatic N) is 1. The van der Waals surface area contributed by atoms with Gasteiger partial charge in [0.15, 0.2) is 0 Å². The van der Waals surface area contributed by atoms with Gasteiger partial charge in [-0.05, 0) is 32.9 Å². The number of ether oxygens (including phenoxy) is 3. The highest BCUT2D eigenvalue weighted by molar-refractivity contribution is 5.96. The minimum Gasteiger partial charge on any atom is -0.471 e. The molecule has 0 aliphatic carbocycles. The van der Waals surface area contributed by atoms with Crippen LogP contribution in [-0.2, 0) is 9.47 Å². The average Bonchev–Trinajstić information content (AvgIpc) is 3.03. The van der Waals surface area contributed by atoms with E-state index in [2.05, 4.69) is 15.6 Å². The SMILES string of the molecule is CC(C)(C)OC(=O)NCCNC(=O)c1cccnc1OC1CCOC1. The summed E-state index contributed by atoms with van der Waals surface area (Å²) in [4.78, 5) is 28.0. The Kier molecular flexibility index (Phi) is 6.58. The Morgan fingerprint density at radius 1 is 1.32 bits per heavy atom. The van der Waals surface area contributed by atoms with Crippen molar-refractivity contribution in [3.05, 3.63) is 23.9 Å². The molecule has 25 heavy (non-hydrogen) atoms. The molecule has 0 radical (unpaired) electrons. The quantitative estimate of drug-likeness (QED) is 0.754. The fraction of sp³-hybridized carbons (Fsp3) is 0.588. The summed E-state index contributed by atoms with van der Waals surface area (Å²) in [5.41, 5.74) is -0.203. The summed E-state index contributed by atoms with van der Waals surface area (Å²) in [6, 6.07) is 3.32. The first-order valence-corrected chi connectivity index (χ1v) is 8.29. The van der Waals surface area contributed by atoms with E-state index in [0.717, 1.165) is 6.42 Å². The molecule has 0 spiro atoms. The normalized spacial score (nSPS) is 17.0. The Morgan fingerprint density at radius 2 is 2.08 bits per heavy atom. The average molecular weight is 351 g/mol. The molecule has 1 aromatic heterocycles. The topological polar surface area (TPSA) is 98.8 Å². The second kappa shape index (κ2) is 8.66. The standard InChI is InChI=1S/C17H25N3O5/c1-17(2,3)25-16(22)20-9-8-18-14(21)13-5-4-7-19-15(13)24-12-6-10-23-11-12/h4-5,7,12H,6,8-11H2,1-3H3,(H,18,21)(H,20,22). The third-order valence-electron chi connectivity index (χ3n) is 3.26. The molecule has 2 rings (SSSR count). The van der Waals surface area contributed by atoms with Crippen molar-refractivity contribution in [1.29, 1.82) is 0 Å². The number of amides is 2. The smallest absolute Gasteiger partial charge is 0.407 e. The molecule has 0 aromatic carbocycles. The Balaban J connectivity index is 1.79. The zero-order chi connectivity index (χ0) is 18.3. The highest BCUT2D eigenvalue weighted by atomic mass is 16.6. The van der Waals surface area contributed by atoms with Gasteiger partial charge in [0.05, 0.1) is 13.2 Å². The van der Waals surface area contributed by atoms with E-state index in [-0.39, 0.29) is 31.0 Å². The molecule has 8 nitrogen and oxygen atoms in total. The Labute approximate surface area is 147 Å². The lowest BCUT2D eigenvalue weighted by Crippen LogP contribution is -2.38. The maximum absolute atomic E-state index is 12.3. The van der Waals surface area contributed by atoms with E-state index in [1.807, 2.05) is 0 Å². The summed E-state index contributed by atoms with van der Waals surface area (Å²) in [5, 5.41) is 5.30. The van der Waals surface area contributed by atoms with Crippen molar-refractivity contribution >= 4 is 12.0 Å². The number of rotatable bonds is 6. The summed E-state index contributed by atoms with van der Waals surface area (Å²) in [6.07, 6.45) is 1.74. The number of hydrogen-bond acceptors (Lipinski definition) is 6. The summed E-state index contributed by atoms with van der Waals surface area (Å²) < 4.78 is 16.1. The van der Waals surface area contributed by atoms with Gasteiger partial charge < -0.3 is 24.8 Å². The molecule has 0 saturated carbocycles. The van der Waals surface area contributed by atoms with Gasteiger partial charge in [-0.3, -0.25) is 4.79 Å². The molecule has 2 heterocycles. The maximum atomic E-state index is 12.3. The number of aromatic nitrogens is 1. The number of pyridine rings is 1. The van der Waals surface area contributed by atoms with Crippen LogP contribution in [0.4, 0.5) is 4.79 Å². The second-order valence-corrected chi connectivity index (χ2v) is 6.64. The summed E-state index contributed by atoms with van der Waals surface area (Å²) in [7, 11) is 0. The number of carbonyl (C=O) groups excluding carboxylic acids is 2. The van der Waals surface area contributed by atoms with Gasteiger partial charge >= 0.3 is 6.09 Å². The lowest BCUT2D eigenvalue weighted by Gasteiger charge is -2.19. The van der Waals surface area contributed by atoms with Crippen molar-refractivity contribution in [3.63, 3.8) is 0 Å². The Morgan fingerprint density at radius 3 is 2.76 bits per heavy atom. The van der Waals surface area contributed by atoms with Crippen LogP contribution in [0.1, 0.15) is 37.6 Å². The third kappa shape index (κ3) is 6.58. The first kappa shape index (κ1) is 19.0. The van der Waals surface area contributed by atoms with Crippen molar-refractivity contribution in [1.82, 2.24) is 15.6 Å². The molecular formula is C17H25N3O5. The fourth-order valence-corrected chi connectivity index (χ4v) is 2.17. The fourth-order valence-electron chi connectivity index (χ4n) is 2.17. The van der Waals surface area contributed by atoms with Crippen LogP contribution in [0.15, 0.2) is 18.3 Å². The van der Waals surface area contributed by atoms with Gasteiger partial charge in [0.2, 0.25) is 5.88 Å². The molecule has 1 saturated heterocycles. The zero-order valence-corrected chi connectivity index (χ0v) is 14.8. The van der Waals surface area contributed by atoms with Gasteiger partial charge in [-0.25, -0.2) is 9.78 Å². The number of alkyl carbamates (subject to hydrolysis) is 1. The number of nitrogens with one attached hydrogen (secondary N) is 2. The van der Waals surface area contributed by atoms with E-state index >= 15 is 0 Å². The summed E-state index contributed by atoms with van der Waals surface area (Å²) in [5.74, 6) is -0.0244. The largest absolute Gasteiger partial charge is 0.471 e. The highest BCUT2D eigenvalue weighted by Crippen LogP contribution is 2.19. The van der Waals surface area contributed by atoms with Crippen LogP contribution in [-0.4, -0.2) is 55.0 Å². The summed E-state index contributed by atoms with van der Waals surface area (Å²) in [6.45, 7) is 7.02. The van der Waals surface area contributed by atoms with E-state index in [4.69, 9.17) is 14.2 Å². The van der Waals surface area contributed by atoms with Crippen molar-refractivity contribution in [2.75, 3.05) is 26.3 Å². The maximum Gasteiger partial charge on any atom is 0.407 e. The predicted octanol–water partition coefficient (Wildman–Crippen LogP) is 1.50. The van der Waals surface area contributed by atoms with Crippen molar-refractivity contribution in [2.24, 2.45) is 0 Å². The van der Waals surface area contributed by atoms with Crippen LogP contribution in [0.3, 0.4) is 0 Å². The third-order valence-corrected chi connectivity index (χ3v) is 3.26. The molecule has 2 amide bonds. The number of hydrogen-bond donors (Lipinski definition) is 2. The zero-order valence-electron chi connectivity index (χ0n) is 14.8. The molecule has 1 unspecified atom stereocenters. The molecule has 8 heteroatoms. The van der Waals surface area contributed by atoms with E-state index in [1.54, 1.807) is 39.1 Å². The van der Waals surface area contributed by atoms with Gasteiger partial charge in [-0.1, -0.05) is 0 Å². The van der Waals surface area contributed by atoms with Crippen molar-refractivity contribution in [3.8, 4) is 5.88 Å². The first-order chi connectivity index (χ1) is 11.8. The first-order valence-electron chi connectivity index (χ1n) is 8.29. The van der Waals surface area contributed by atoms with Crippen molar-refractivity contribution in [2.45, 2.75) is 38.9 Å². The Bertz CT molecular complexity index is 594. The minimum absolute atomic E-state index is 0.0877. The van der Waals surface area contributed by atoms with Crippen LogP contribution in [0.25, 0.3) is 0 Å². The molecular weight excluding hydrogens is 326 g/mol. The molecule has 1 fully saturated rings. The molecule has 1 aromatic rings. The lowest BCUT2D eigenvalue weighted by atomic mass is 10.2. The Hall–Kier alpha value is -2.35. The van der Waals surface area contributed by atoms with E-state index < -0.39 is 11.7 Å². The molecule has 1 aliphatic rings. The van der Waals surface area contributed by atoms with E-state index in [1.165, 1.54) is 0 Å². The van der Waals surface area contributed by atoms with Crippen LogP contribution in [0.5, 0.6) is 5.88 Å². The molecule has 1 atom stereocenters. The van der Waals surface area contributed by atoms with Crippen LogP contribution in [0.2, 0.25) is 0 Å². The highest BCUT2D eigenvalue weighted by Gasteiger charge is 2.21. The van der Waals surface area contributed by atoms with E-state index in [0.29, 0.717) is 18.8 Å². The number of carbonyl (C=O) groups is 2. The minimum atomic E-state index is -0.556. The van der Waals surface area contributed by atoms with Gasteiger partial charge in [-0.15, -0.1) is 0 Å².